The van der Waals surface area contributed by atoms with Gasteiger partial charge in [-0.3, -0.25) is 14.7 Å². The number of alkyl halides is 2. The first kappa shape index (κ1) is 28.0. The van der Waals surface area contributed by atoms with E-state index in [1.807, 2.05) is 48.5 Å². The Morgan fingerprint density at radius 3 is 2.61 bits per heavy atom. The Balaban J connectivity index is 1.05. The van der Waals surface area contributed by atoms with E-state index in [4.69, 9.17) is 13.9 Å². The molecule has 2 aliphatic heterocycles. The quantitative estimate of drug-likeness (QED) is 0.258. The molecule has 0 aliphatic carbocycles. The molecule has 0 saturated carbocycles. The summed E-state index contributed by atoms with van der Waals surface area (Å²) in [5.74, 6) is 1.01. The maximum atomic E-state index is 13.5. The van der Waals surface area contributed by atoms with Crippen molar-refractivity contribution in [2.24, 2.45) is 0 Å². The number of hydrogen-bond donors (Lipinski definition) is 0. The van der Waals surface area contributed by atoms with Gasteiger partial charge < -0.3 is 18.8 Å². The number of halogens is 2. The minimum Gasteiger partial charge on any atom is -0.488 e. The van der Waals surface area contributed by atoms with E-state index in [0.29, 0.717) is 72.5 Å². The van der Waals surface area contributed by atoms with E-state index >= 15 is 0 Å². The molecule has 7 rings (SSSR count). The minimum absolute atomic E-state index is 0.0209. The number of amides is 1. The lowest BCUT2D eigenvalue weighted by Gasteiger charge is -2.38. The Hall–Kier alpha value is -4.82. The molecule has 0 spiro atoms. The third-order valence-electron chi connectivity index (χ3n) is 7.72. The molecular weight excluding hydrogens is 574 g/mol. The standard InChI is InChI=1S/C30H28F2N8O4/c31-30(32)40-36-27(35-37-40)26(19-4-2-1-3-5-19)38-11-13-39(14-12-38)29(41)24-16-20(8-10-33-24)28-34-23-7-6-21(17-25(23)44-28)43-22-9-15-42-18-22/h1-8,10,16-17,22,26,30H,9,11-15,18H2/t22-,26-/m1/s1. The number of piperazine rings is 1. The van der Waals surface area contributed by atoms with E-state index in [9.17, 15) is 13.6 Å². The van der Waals surface area contributed by atoms with Crippen LogP contribution >= 0.6 is 0 Å². The fourth-order valence-corrected chi connectivity index (χ4v) is 5.51. The Kier molecular flexibility index (Phi) is 7.66. The fourth-order valence-electron chi connectivity index (χ4n) is 5.51. The second-order valence-corrected chi connectivity index (χ2v) is 10.6. The molecule has 0 bridgehead atoms. The zero-order valence-electron chi connectivity index (χ0n) is 23.5. The molecular formula is C30H28F2N8O4. The largest absolute Gasteiger partial charge is 0.488 e. The van der Waals surface area contributed by atoms with Crippen LogP contribution in [-0.4, -0.2) is 91.4 Å². The summed E-state index contributed by atoms with van der Waals surface area (Å²) in [6.45, 7) is 0.107. The Labute approximate surface area is 250 Å². The van der Waals surface area contributed by atoms with Gasteiger partial charge in [0.1, 0.15) is 23.1 Å². The van der Waals surface area contributed by atoms with Crippen LogP contribution in [0.3, 0.4) is 0 Å². The van der Waals surface area contributed by atoms with Gasteiger partial charge in [0.15, 0.2) is 11.4 Å². The Morgan fingerprint density at radius 1 is 1.02 bits per heavy atom. The van der Waals surface area contributed by atoms with Crippen LogP contribution in [0, 0.1) is 0 Å². The number of benzene rings is 2. The highest BCUT2D eigenvalue weighted by atomic mass is 19.3. The summed E-state index contributed by atoms with van der Waals surface area (Å²) in [6, 6.07) is 17.8. The van der Waals surface area contributed by atoms with Gasteiger partial charge >= 0.3 is 6.55 Å². The minimum atomic E-state index is -2.89. The zero-order valence-corrected chi connectivity index (χ0v) is 23.5. The van der Waals surface area contributed by atoms with Gasteiger partial charge in [-0.1, -0.05) is 35.1 Å². The van der Waals surface area contributed by atoms with Gasteiger partial charge in [-0.25, -0.2) is 4.98 Å². The molecule has 2 aromatic carbocycles. The van der Waals surface area contributed by atoms with Gasteiger partial charge in [0.2, 0.25) is 5.89 Å². The smallest absolute Gasteiger partial charge is 0.350 e. The number of carbonyl (C=O) groups excluding carboxylic acids is 1. The normalized spacial score (nSPS) is 18.2. The summed E-state index contributed by atoms with van der Waals surface area (Å²) >= 11 is 0. The lowest BCUT2D eigenvalue weighted by atomic mass is 10.0. The first-order chi connectivity index (χ1) is 21.5. The van der Waals surface area contributed by atoms with Crippen molar-refractivity contribution < 1.29 is 27.5 Å². The van der Waals surface area contributed by atoms with Crippen LogP contribution in [0.5, 0.6) is 5.75 Å². The van der Waals surface area contributed by atoms with Crippen molar-refractivity contribution in [3.05, 3.63) is 83.9 Å². The second-order valence-electron chi connectivity index (χ2n) is 10.6. The van der Waals surface area contributed by atoms with Crippen molar-refractivity contribution in [3.63, 3.8) is 0 Å². The summed E-state index contributed by atoms with van der Waals surface area (Å²) in [4.78, 5) is 26.5. The Morgan fingerprint density at radius 2 is 1.86 bits per heavy atom. The van der Waals surface area contributed by atoms with E-state index in [0.717, 1.165) is 12.0 Å². The third kappa shape index (κ3) is 5.73. The van der Waals surface area contributed by atoms with Gasteiger partial charge in [-0.15, -0.1) is 10.2 Å². The zero-order chi connectivity index (χ0) is 30.0. The van der Waals surface area contributed by atoms with Crippen LogP contribution in [0.15, 0.2) is 71.3 Å². The van der Waals surface area contributed by atoms with Gasteiger partial charge in [-0.2, -0.15) is 8.78 Å². The molecule has 1 amide bonds. The number of carbonyl (C=O) groups is 1. The number of nitrogens with zero attached hydrogens (tertiary/aromatic N) is 8. The van der Waals surface area contributed by atoms with Crippen molar-refractivity contribution in [1.82, 2.24) is 40.0 Å². The number of oxazole rings is 1. The maximum absolute atomic E-state index is 13.5. The van der Waals surface area contributed by atoms with E-state index in [1.54, 1.807) is 23.2 Å². The van der Waals surface area contributed by atoms with Crippen molar-refractivity contribution in [2.45, 2.75) is 25.1 Å². The SMILES string of the molecule is O=C(c1cc(-c2nc3ccc(O[C@@H]4CCOC4)cc3o2)ccn1)N1CCN([C@H](c2ccccc2)c2nnn(C(F)F)n2)CC1. The lowest BCUT2D eigenvalue weighted by molar-refractivity contribution is 0.0385. The summed E-state index contributed by atoms with van der Waals surface area (Å²) in [7, 11) is 0. The number of fused-ring (bicyclic) bond motifs is 1. The molecule has 0 unspecified atom stereocenters. The predicted molar refractivity (Wildman–Crippen MR) is 152 cm³/mol. The number of ether oxygens (including phenoxy) is 2. The number of pyridine rings is 1. The number of tetrazole rings is 1. The molecule has 3 aromatic heterocycles. The molecule has 226 valence electrons. The molecule has 44 heavy (non-hydrogen) atoms. The molecule has 0 N–H and O–H groups in total. The molecule has 12 nitrogen and oxygen atoms in total. The second kappa shape index (κ2) is 12.1. The van der Waals surface area contributed by atoms with E-state index < -0.39 is 12.6 Å². The predicted octanol–water partition coefficient (Wildman–Crippen LogP) is 3.99. The highest BCUT2D eigenvalue weighted by Gasteiger charge is 2.32. The van der Waals surface area contributed by atoms with Crippen LogP contribution in [-0.2, 0) is 4.74 Å². The summed E-state index contributed by atoms with van der Waals surface area (Å²) < 4.78 is 43.8. The van der Waals surface area contributed by atoms with Gasteiger partial charge in [0, 0.05) is 50.4 Å². The monoisotopic (exact) mass is 602 g/mol. The molecule has 14 heteroatoms. The average Bonchev–Trinajstić information content (AvgIpc) is 3.84. The van der Waals surface area contributed by atoms with Gasteiger partial charge in [-0.05, 0) is 35.0 Å². The fraction of sp³-hybridized carbons (Fsp3) is 0.333. The third-order valence-corrected chi connectivity index (χ3v) is 7.72. The highest BCUT2D eigenvalue weighted by Crippen LogP contribution is 2.30. The van der Waals surface area contributed by atoms with Crippen molar-refractivity contribution >= 4 is 17.0 Å². The number of rotatable bonds is 8. The van der Waals surface area contributed by atoms with Crippen LogP contribution in [0.25, 0.3) is 22.6 Å². The number of aromatic nitrogens is 6. The maximum Gasteiger partial charge on any atom is 0.350 e. The first-order valence-corrected chi connectivity index (χ1v) is 14.3. The molecule has 0 radical (unpaired) electrons. The van der Waals surface area contributed by atoms with E-state index in [-0.39, 0.29) is 23.5 Å². The highest BCUT2D eigenvalue weighted by molar-refractivity contribution is 5.93. The lowest BCUT2D eigenvalue weighted by Crippen LogP contribution is -2.50. The summed E-state index contributed by atoms with van der Waals surface area (Å²) in [6.07, 6.45) is 2.43. The van der Waals surface area contributed by atoms with Crippen molar-refractivity contribution in [2.75, 3.05) is 39.4 Å². The first-order valence-electron chi connectivity index (χ1n) is 14.3. The summed E-state index contributed by atoms with van der Waals surface area (Å²) in [5.41, 5.74) is 2.99. The molecule has 2 fully saturated rings. The van der Waals surface area contributed by atoms with Crippen LogP contribution in [0.1, 0.15) is 40.9 Å². The molecule has 2 atom stereocenters. The molecule has 5 heterocycles. The summed E-state index contributed by atoms with van der Waals surface area (Å²) in [5, 5.41) is 11.4. The average molecular weight is 603 g/mol. The van der Waals surface area contributed by atoms with Crippen molar-refractivity contribution in [3.8, 4) is 17.2 Å². The van der Waals surface area contributed by atoms with Crippen LogP contribution in [0.2, 0.25) is 0 Å². The van der Waals surface area contributed by atoms with Crippen LogP contribution in [0.4, 0.5) is 8.78 Å². The van der Waals surface area contributed by atoms with Gasteiger partial charge in [0.25, 0.3) is 5.91 Å². The van der Waals surface area contributed by atoms with E-state index in [1.165, 1.54) is 0 Å². The molecule has 5 aromatic rings. The topological polar surface area (TPSA) is 125 Å². The number of hydrogen-bond acceptors (Lipinski definition) is 10. The Bertz CT molecular complexity index is 1750. The van der Waals surface area contributed by atoms with Gasteiger partial charge in [0.05, 0.1) is 19.3 Å². The molecule has 2 saturated heterocycles. The van der Waals surface area contributed by atoms with E-state index in [2.05, 4.69) is 30.3 Å². The van der Waals surface area contributed by atoms with Crippen LogP contribution < -0.4 is 4.74 Å². The van der Waals surface area contributed by atoms with Crippen molar-refractivity contribution in [1.29, 1.82) is 0 Å². The molecule has 2 aliphatic rings.